The predicted octanol–water partition coefficient (Wildman–Crippen LogP) is 3.32. The van der Waals surface area contributed by atoms with Crippen molar-refractivity contribution in [2.24, 2.45) is 0 Å². The number of carboxylic acid groups (broad SMARTS) is 1. The molecule has 1 aliphatic rings. The summed E-state index contributed by atoms with van der Waals surface area (Å²) in [5, 5.41) is 9.21. The van der Waals surface area contributed by atoms with Crippen LogP contribution < -0.4 is 0 Å². The van der Waals surface area contributed by atoms with Crippen LogP contribution in [0.1, 0.15) is 29.5 Å². The lowest BCUT2D eigenvalue weighted by molar-refractivity contribution is -0.140. The van der Waals surface area contributed by atoms with Gasteiger partial charge in [0, 0.05) is 5.56 Å². The van der Waals surface area contributed by atoms with Crippen LogP contribution in [0, 0.1) is 19.7 Å². The van der Waals surface area contributed by atoms with Crippen LogP contribution in [0.25, 0.3) is 0 Å². The fourth-order valence-electron chi connectivity index (χ4n) is 2.11. The van der Waals surface area contributed by atoms with Crippen LogP contribution in [-0.4, -0.2) is 11.1 Å². The molecule has 0 saturated heterocycles. The van der Waals surface area contributed by atoms with Gasteiger partial charge < -0.3 is 5.11 Å². The first-order valence-electron chi connectivity index (χ1n) is 5.09. The van der Waals surface area contributed by atoms with Gasteiger partial charge in [0.15, 0.2) is 0 Å². The van der Waals surface area contributed by atoms with Crippen LogP contribution in [0.15, 0.2) is 10.5 Å². The Morgan fingerprint density at radius 3 is 2.50 bits per heavy atom. The second-order valence-corrected chi connectivity index (χ2v) is 5.23. The van der Waals surface area contributed by atoms with Crippen molar-refractivity contribution in [2.45, 2.75) is 32.1 Å². The van der Waals surface area contributed by atoms with Crippen molar-refractivity contribution < 1.29 is 14.3 Å². The summed E-state index contributed by atoms with van der Waals surface area (Å²) in [6.07, 6.45) is 1.05. The van der Waals surface area contributed by atoms with Gasteiger partial charge in [-0.3, -0.25) is 4.79 Å². The highest BCUT2D eigenvalue weighted by atomic mass is 79.9. The third kappa shape index (κ3) is 1.47. The molecule has 4 heteroatoms. The number of aryl methyl sites for hydroxylation is 1. The Bertz CT molecular complexity index is 452. The largest absolute Gasteiger partial charge is 0.481 e. The fraction of sp³-hybridized carbons (Fsp3) is 0.417. The van der Waals surface area contributed by atoms with Gasteiger partial charge in [-0.15, -0.1) is 0 Å². The molecular formula is C12H12BrFO2. The van der Waals surface area contributed by atoms with Crippen LogP contribution in [-0.2, 0) is 10.2 Å². The first kappa shape index (κ1) is 11.6. The third-order valence-electron chi connectivity index (χ3n) is 3.38. The van der Waals surface area contributed by atoms with Crippen LogP contribution in [0.4, 0.5) is 4.39 Å². The van der Waals surface area contributed by atoms with E-state index in [0.29, 0.717) is 22.9 Å². The van der Waals surface area contributed by atoms with Gasteiger partial charge in [0.05, 0.1) is 9.89 Å². The van der Waals surface area contributed by atoms with E-state index in [4.69, 9.17) is 0 Å². The molecule has 16 heavy (non-hydrogen) atoms. The molecule has 0 heterocycles. The summed E-state index contributed by atoms with van der Waals surface area (Å²) in [5.41, 5.74) is 1.03. The van der Waals surface area contributed by atoms with E-state index < -0.39 is 17.2 Å². The van der Waals surface area contributed by atoms with E-state index >= 15 is 0 Å². The first-order valence-corrected chi connectivity index (χ1v) is 5.88. The maximum Gasteiger partial charge on any atom is 0.314 e. The van der Waals surface area contributed by atoms with E-state index in [1.54, 1.807) is 13.0 Å². The molecule has 0 spiro atoms. The second-order valence-electron chi connectivity index (χ2n) is 4.38. The predicted molar refractivity (Wildman–Crippen MR) is 62.1 cm³/mol. The van der Waals surface area contributed by atoms with E-state index in [1.807, 2.05) is 6.92 Å². The number of carbonyl (C=O) groups is 1. The normalized spacial score (nSPS) is 17.2. The van der Waals surface area contributed by atoms with Gasteiger partial charge in [-0.25, -0.2) is 4.39 Å². The van der Waals surface area contributed by atoms with Crippen LogP contribution in [0.5, 0.6) is 0 Å². The fourth-order valence-corrected chi connectivity index (χ4v) is 2.65. The molecule has 86 valence electrons. The lowest BCUT2D eigenvalue weighted by Crippen LogP contribution is -2.23. The lowest BCUT2D eigenvalue weighted by atomic mass is 9.89. The van der Waals surface area contributed by atoms with Gasteiger partial charge in [-0.1, -0.05) is 0 Å². The summed E-state index contributed by atoms with van der Waals surface area (Å²) in [6, 6.07) is 1.69. The molecule has 2 nitrogen and oxygen atoms in total. The Labute approximate surface area is 102 Å². The minimum absolute atomic E-state index is 0.345. The van der Waals surface area contributed by atoms with Crippen molar-refractivity contribution in [3.63, 3.8) is 0 Å². The van der Waals surface area contributed by atoms with Crippen molar-refractivity contribution in [3.8, 4) is 0 Å². The molecule has 0 unspecified atom stereocenters. The molecule has 0 aliphatic heterocycles. The maximum absolute atomic E-state index is 14.0. The number of halogens is 2. The third-order valence-corrected chi connectivity index (χ3v) is 3.95. The zero-order valence-corrected chi connectivity index (χ0v) is 10.7. The van der Waals surface area contributed by atoms with Gasteiger partial charge in [0.25, 0.3) is 0 Å². The summed E-state index contributed by atoms with van der Waals surface area (Å²) >= 11 is 3.13. The molecule has 1 saturated carbocycles. The van der Waals surface area contributed by atoms with Gasteiger partial charge in [0.2, 0.25) is 0 Å². The van der Waals surface area contributed by atoms with Gasteiger partial charge in [-0.05, 0) is 59.8 Å². The van der Waals surface area contributed by atoms with Gasteiger partial charge in [-0.2, -0.15) is 0 Å². The van der Waals surface area contributed by atoms with Crippen molar-refractivity contribution in [3.05, 3.63) is 33.0 Å². The highest BCUT2D eigenvalue weighted by Crippen LogP contribution is 2.51. The summed E-state index contributed by atoms with van der Waals surface area (Å²) in [7, 11) is 0. The number of hydrogen-bond acceptors (Lipinski definition) is 1. The molecule has 1 aromatic carbocycles. The van der Waals surface area contributed by atoms with Crippen LogP contribution in [0.3, 0.4) is 0 Å². The average Bonchev–Trinajstić information content (AvgIpc) is 2.97. The minimum Gasteiger partial charge on any atom is -0.481 e. The standard InChI is InChI=1S/C12H12BrFO2/c1-6-5-8(13)10(14)9(7(6)2)12(3-4-12)11(15)16/h5H,3-4H2,1-2H3,(H,15,16). The zero-order chi connectivity index (χ0) is 12.1. The summed E-state index contributed by atoms with van der Waals surface area (Å²) < 4.78 is 14.4. The SMILES string of the molecule is Cc1cc(Br)c(F)c(C2(C(=O)O)CC2)c1C. The molecular weight excluding hydrogens is 275 g/mol. The summed E-state index contributed by atoms with van der Waals surface area (Å²) in [4.78, 5) is 11.2. The highest BCUT2D eigenvalue weighted by molar-refractivity contribution is 9.10. The van der Waals surface area contributed by atoms with Gasteiger partial charge in [0.1, 0.15) is 5.82 Å². The Kier molecular flexibility index (Phi) is 2.57. The molecule has 0 amide bonds. The van der Waals surface area contributed by atoms with Crippen molar-refractivity contribution >= 4 is 21.9 Å². The molecule has 1 aromatic rings. The topological polar surface area (TPSA) is 37.3 Å². The molecule has 1 fully saturated rings. The van der Waals surface area contributed by atoms with E-state index in [-0.39, 0.29) is 0 Å². The van der Waals surface area contributed by atoms with E-state index in [0.717, 1.165) is 11.1 Å². The number of carboxylic acids is 1. The monoisotopic (exact) mass is 286 g/mol. The molecule has 0 radical (unpaired) electrons. The summed E-state index contributed by atoms with van der Waals surface area (Å²) in [5.74, 6) is -1.35. The minimum atomic E-state index is -0.983. The number of hydrogen-bond donors (Lipinski definition) is 1. The molecule has 0 atom stereocenters. The lowest BCUT2D eigenvalue weighted by Gasteiger charge is -2.17. The highest BCUT2D eigenvalue weighted by Gasteiger charge is 2.54. The maximum atomic E-state index is 14.0. The Hall–Kier alpha value is -0.900. The number of benzene rings is 1. The molecule has 2 rings (SSSR count). The Morgan fingerprint density at radius 1 is 1.50 bits per heavy atom. The zero-order valence-electron chi connectivity index (χ0n) is 9.10. The second kappa shape index (κ2) is 3.55. The number of aliphatic carboxylic acids is 1. The van der Waals surface area contributed by atoms with Crippen molar-refractivity contribution in [1.29, 1.82) is 0 Å². The smallest absolute Gasteiger partial charge is 0.314 e. The van der Waals surface area contributed by atoms with E-state index in [2.05, 4.69) is 15.9 Å². The van der Waals surface area contributed by atoms with E-state index in [1.165, 1.54) is 0 Å². The van der Waals surface area contributed by atoms with Crippen molar-refractivity contribution in [1.82, 2.24) is 0 Å². The quantitative estimate of drug-likeness (QED) is 0.906. The molecule has 0 aromatic heterocycles. The van der Waals surface area contributed by atoms with Crippen molar-refractivity contribution in [2.75, 3.05) is 0 Å². The Balaban J connectivity index is 2.70. The van der Waals surface area contributed by atoms with Crippen LogP contribution in [0.2, 0.25) is 0 Å². The average molecular weight is 287 g/mol. The van der Waals surface area contributed by atoms with Crippen LogP contribution >= 0.6 is 15.9 Å². The van der Waals surface area contributed by atoms with E-state index in [9.17, 15) is 14.3 Å². The Morgan fingerprint density at radius 2 is 2.06 bits per heavy atom. The van der Waals surface area contributed by atoms with Gasteiger partial charge >= 0.3 is 5.97 Å². The number of rotatable bonds is 2. The molecule has 1 aliphatic carbocycles. The molecule has 0 bridgehead atoms. The summed E-state index contributed by atoms with van der Waals surface area (Å²) in [6.45, 7) is 3.64. The first-order chi connectivity index (χ1) is 7.40. The molecule has 1 N–H and O–H groups in total.